The van der Waals surface area contributed by atoms with E-state index in [1.807, 2.05) is 12.3 Å². The highest BCUT2D eigenvalue weighted by Crippen LogP contribution is 2.28. The highest BCUT2D eigenvalue weighted by molar-refractivity contribution is 7.15. The number of hydrogen-bond donors (Lipinski definition) is 2. The van der Waals surface area contributed by atoms with Gasteiger partial charge in [-0.15, -0.1) is 11.3 Å². The highest BCUT2D eigenvalue weighted by Gasteiger charge is 2.19. The lowest BCUT2D eigenvalue weighted by Gasteiger charge is -2.08. The van der Waals surface area contributed by atoms with E-state index in [4.69, 9.17) is 9.47 Å². The molecule has 7 heteroatoms. The summed E-state index contributed by atoms with van der Waals surface area (Å²) in [6.45, 7) is 7.22. The summed E-state index contributed by atoms with van der Waals surface area (Å²) in [4.78, 5) is 23.5. The summed E-state index contributed by atoms with van der Waals surface area (Å²) in [6.07, 6.45) is 0. The molecule has 0 unspecified atom stereocenters. The first-order chi connectivity index (χ1) is 9.60. The first-order valence-corrected chi connectivity index (χ1v) is 7.35. The van der Waals surface area contributed by atoms with Crippen LogP contribution in [-0.4, -0.2) is 38.4 Å². The minimum atomic E-state index is -0.420. The number of ether oxygens (including phenoxy) is 2. The fourth-order valence-electron chi connectivity index (χ4n) is 1.52. The molecule has 0 bridgehead atoms. The normalized spacial score (nSPS) is 10.2. The van der Waals surface area contributed by atoms with Crippen LogP contribution in [0.2, 0.25) is 0 Å². The van der Waals surface area contributed by atoms with Crippen molar-refractivity contribution in [2.24, 2.45) is 0 Å². The van der Waals surface area contributed by atoms with Crippen LogP contribution in [0.25, 0.3) is 0 Å². The van der Waals surface area contributed by atoms with Crippen molar-refractivity contribution in [3.63, 3.8) is 0 Å². The van der Waals surface area contributed by atoms with Gasteiger partial charge >= 0.3 is 12.0 Å². The quantitative estimate of drug-likeness (QED) is 0.599. The summed E-state index contributed by atoms with van der Waals surface area (Å²) < 4.78 is 10.1. The second-order valence-corrected chi connectivity index (χ2v) is 4.80. The van der Waals surface area contributed by atoms with Crippen LogP contribution < -0.4 is 10.6 Å². The zero-order valence-electron chi connectivity index (χ0n) is 11.9. The molecule has 0 saturated carbocycles. The van der Waals surface area contributed by atoms with Gasteiger partial charge in [0.05, 0.1) is 18.8 Å². The van der Waals surface area contributed by atoms with E-state index in [0.29, 0.717) is 36.9 Å². The van der Waals surface area contributed by atoms with Crippen LogP contribution in [0.1, 0.15) is 29.8 Å². The molecule has 2 amide bonds. The molecule has 0 atom stereocenters. The van der Waals surface area contributed by atoms with Crippen LogP contribution in [0.5, 0.6) is 0 Å². The van der Waals surface area contributed by atoms with Gasteiger partial charge in [0.15, 0.2) is 0 Å². The van der Waals surface area contributed by atoms with Gasteiger partial charge < -0.3 is 14.8 Å². The predicted molar refractivity (Wildman–Crippen MR) is 78.5 cm³/mol. The van der Waals surface area contributed by atoms with Crippen molar-refractivity contribution in [2.45, 2.75) is 20.8 Å². The molecule has 20 heavy (non-hydrogen) atoms. The van der Waals surface area contributed by atoms with E-state index in [1.165, 1.54) is 11.3 Å². The van der Waals surface area contributed by atoms with Gasteiger partial charge in [-0.05, 0) is 31.7 Å². The Morgan fingerprint density at radius 2 is 2.05 bits per heavy atom. The van der Waals surface area contributed by atoms with Gasteiger partial charge in [0.1, 0.15) is 5.00 Å². The van der Waals surface area contributed by atoms with Gasteiger partial charge in [0.2, 0.25) is 0 Å². The van der Waals surface area contributed by atoms with Crippen molar-refractivity contribution in [1.82, 2.24) is 5.32 Å². The molecular weight excluding hydrogens is 280 g/mol. The lowest BCUT2D eigenvalue weighted by atomic mass is 10.2. The first kappa shape index (κ1) is 16.5. The van der Waals surface area contributed by atoms with Crippen LogP contribution in [0.15, 0.2) is 5.38 Å². The van der Waals surface area contributed by atoms with E-state index in [9.17, 15) is 9.59 Å². The summed E-state index contributed by atoms with van der Waals surface area (Å²) in [5.41, 5.74) is 1.20. The van der Waals surface area contributed by atoms with Crippen molar-refractivity contribution in [3.05, 3.63) is 16.5 Å². The first-order valence-electron chi connectivity index (χ1n) is 6.47. The molecule has 0 spiro atoms. The molecule has 2 N–H and O–H groups in total. The second-order valence-electron chi connectivity index (χ2n) is 3.92. The number of nitrogens with one attached hydrogen (secondary N) is 2. The third-order valence-electron chi connectivity index (χ3n) is 2.42. The number of esters is 1. The number of amides is 2. The Kier molecular flexibility index (Phi) is 7.03. The molecule has 1 aromatic heterocycles. The van der Waals surface area contributed by atoms with E-state index in [1.54, 1.807) is 13.8 Å². The van der Waals surface area contributed by atoms with Crippen LogP contribution in [-0.2, 0) is 9.47 Å². The Balaban J connectivity index is 2.59. The number of aryl methyl sites for hydroxylation is 1. The molecule has 0 aliphatic heterocycles. The molecule has 0 fully saturated rings. The zero-order chi connectivity index (χ0) is 15.0. The summed E-state index contributed by atoms with van der Waals surface area (Å²) >= 11 is 1.30. The molecule has 1 heterocycles. The van der Waals surface area contributed by atoms with Gasteiger partial charge in [0, 0.05) is 13.2 Å². The van der Waals surface area contributed by atoms with Gasteiger partial charge in [-0.25, -0.2) is 9.59 Å². The number of rotatable bonds is 7. The monoisotopic (exact) mass is 300 g/mol. The minimum Gasteiger partial charge on any atom is -0.462 e. The maximum Gasteiger partial charge on any atom is 0.341 e. The zero-order valence-corrected chi connectivity index (χ0v) is 12.8. The molecule has 0 radical (unpaired) electrons. The number of thiophene rings is 1. The third-order valence-corrected chi connectivity index (χ3v) is 3.43. The summed E-state index contributed by atoms with van der Waals surface area (Å²) in [5, 5.41) is 7.62. The van der Waals surface area contributed by atoms with E-state index < -0.39 is 5.97 Å². The van der Waals surface area contributed by atoms with Crippen LogP contribution in [0.3, 0.4) is 0 Å². The topological polar surface area (TPSA) is 76.7 Å². The smallest absolute Gasteiger partial charge is 0.341 e. The number of carbonyl (C=O) groups is 2. The SMILES string of the molecule is CCOCCNC(=O)Nc1scc(C)c1C(=O)OCC. The maximum atomic E-state index is 11.8. The molecule has 0 aromatic carbocycles. The molecule has 0 aliphatic rings. The predicted octanol–water partition coefficient (Wildman–Crippen LogP) is 2.39. The molecule has 0 aliphatic carbocycles. The van der Waals surface area contributed by atoms with Crippen LogP contribution >= 0.6 is 11.3 Å². The van der Waals surface area contributed by atoms with Gasteiger partial charge in [-0.2, -0.15) is 0 Å². The fraction of sp³-hybridized carbons (Fsp3) is 0.538. The van der Waals surface area contributed by atoms with Crippen LogP contribution in [0.4, 0.5) is 9.80 Å². The van der Waals surface area contributed by atoms with Crippen molar-refractivity contribution < 1.29 is 19.1 Å². The number of carbonyl (C=O) groups excluding carboxylic acids is 2. The average molecular weight is 300 g/mol. The maximum absolute atomic E-state index is 11.8. The Morgan fingerprint density at radius 3 is 2.70 bits per heavy atom. The largest absolute Gasteiger partial charge is 0.462 e. The Labute approximate surface area is 122 Å². The van der Waals surface area contributed by atoms with E-state index >= 15 is 0 Å². The summed E-state index contributed by atoms with van der Waals surface area (Å²) in [5.74, 6) is -0.420. The van der Waals surface area contributed by atoms with Gasteiger partial charge in [-0.3, -0.25) is 5.32 Å². The van der Waals surface area contributed by atoms with Gasteiger partial charge in [-0.1, -0.05) is 0 Å². The number of urea groups is 1. The Bertz CT molecular complexity index is 459. The van der Waals surface area contributed by atoms with Crippen molar-refractivity contribution >= 4 is 28.3 Å². The van der Waals surface area contributed by atoms with Crippen molar-refractivity contribution in [1.29, 1.82) is 0 Å². The number of anilines is 1. The third kappa shape index (κ3) is 4.82. The van der Waals surface area contributed by atoms with Crippen molar-refractivity contribution in [3.8, 4) is 0 Å². The molecule has 6 nitrogen and oxygen atoms in total. The van der Waals surface area contributed by atoms with E-state index in [0.717, 1.165) is 5.56 Å². The Hall–Kier alpha value is -1.60. The summed E-state index contributed by atoms with van der Waals surface area (Å²) in [7, 11) is 0. The molecule has 1 rings (SSSR count). The fourth-order valence-corrected chi connectivity index (χ4v) is 2.45. The van der Waals surface area contributed by atoms with E-state index in [-0.39, 0.29) is 6.03 Å². The molecule has 1 aromatic rings. The lowest BCUT2D eigenvalue weighted by Crippen LogP contribution is -2.31. The molecular formula is C13H20N2O4S. The van der Waals surface area contributed by atoms with Crippen LogP contribution in [0, 0.1) is 6.92 Å². The average Bonchev–Trinajstić information content (AvgIpc) is 2.76. The van der Waals surface area contributed by atoms with Crippen molar-refractivity contribution in [2.75, 3.05) is 31.7 Å². The highest BCUT2D eigenvalue weighted by atomic mass is 32.1. The minimum absolute atomic E-state index is 0.300. The van der Waals surface area contributed by atoms with E-state index in [2.05, 4.69) is 10.6 Å². The molecule has 112 valence electrons. The summed E-state index contributed by atoms with van der Waals surface area (Å²) in [6, 6.07) is -0.364. The number of hydrogen-bond acceptors (Lipinski definition) is 5. The second kappa shape index (κ2) is 8.55. The lowest BCUT2D eigenvalue weighted by molar-refractivity contribution is 0.0527. The Morgan fingerprint density at radius 1 is 1.30 bits per heavy atom. The standard InChI is InChI=1S/C13H20N2O4S/c1-4-18-7-6-14-13(17)15-11-10(9(3)8-20-11)12(16)19-5-2/h8H,4-7H2,1-3H3,(H2,14,15,17). The van der Waals surface area contributed by atoms with Gasteiger partial charge in [0.25, 0.3) is 0 Å². The molecule has 0 saturated heterocycles.